The number of anilines is 6. The average Bonchev–Trinajstić information content (AvgIpc) is 2.82. The second-order valence-corrected chi connectivity index (χ2v) is 8.01. The third-order valence-corrected chi connectivity index (χ3v) is 5.03. The van der Waals surface area contributed by atoms with E-state index in [0.29, 0.717) is 11.9 Å². The van der Waals surface area contributed by atoms with Gasteiger partial charge in [-0.25, -0.2) is 0 Å². The number of rotatable bonds is 8. The van der Waals surface area contributed by atoms with Crippen LogP contribution >= 0.6 is 0 Å². The number of nitrogens with zero attached hydrogens (tertiary/aromatic N) is 3. The Hall–Kier alpha value is -4.46. The van der Waals surface area contributed by atoms with Crippen molar-refractivity contribution < 1.29 is 4.79 Å². The fourth-order valence-electron chi connectivity index (χ4n) is 3.12. The summed E-state index contributed by atoms with van der Waals surface area (Å²) in [7, 11) is 0. The predicted octanol–water partition coefficient (Wildman–Crippen LogP) is 5.41. The first-order valence-electron chi connectivity index (χ1n) is 11.0. The molecule has 172 valence electrons. The Morgan fingerprint density at radius 2 is 1.12 bits per heavy atom. The van der Waals surface area contributed by atoms with Gasteiger partial charge in [0.25, 0.3) is 0 Å². The molecule has 8 nitrogen and oxygen atoms in total. The van der Waals surface area contributed by atoms with Gasteiger partial charge in [-0.15, -0.1) is 0 Å². The maximum absolute atomic E-state index is 12.7. The fraction of sp³-hybridized carbons (Fsp3) is 0.154. The van der Waals surface area contributed by atoms with Crippen LogP contribution in [0.1, 0.15) is 18.1 Å². The summed E-state index contributed by atoms with van der Waals surface area (Å²) in [6.07, 6.45) is 0. The highest BCUT2D eigenvalue weighted by Crippen LogP contribution is 2.20. The quantitative estimate of drug-likeness (QED) is 0.283. The molecule has 0 fully saturated rings. The van der Waals surface area contributed by atoms with Crippen LogP contribution < -0.4 is 21.3 Å². The Labute approximate surface area is 198 Å². The second kappa shape index (κ2) is 10.4. The van der Waals surface area contributed by atoms with E-state index in [2.05, 4.69) is 36.2 Å². The van der Waals surface area contributed by atoms with Crippen LogP contribution in [0, 0.1) is 13.8 Å². The molecule has 8 heteroatoms. The van der Waals surface area contributed by atoms with Gasteiger partial charge in [0.2, 0.25) is 23.8 Å². The van der Waals surface area contributed by atoms with Crippen molar-refractivity contribution in [3.8, 4) is 0 Å². The number of carbonyl (C=O) groups excluding carboxylic acids is 1. The minimum absolute atomic E-state index is 0.201. The molecule has 4 rings (SSSR count). The molecule has 0 aliphatic rings. The molecule has 1 aromatic heterocycles. The topological polar surface area (TPSA) is 104 Å². The average molecular weight is 454 g/mol. The molecule has 3 aromatic carbocycles. The van der Waals surface area contributed by atoms with Crippen molar-refractivity contribution in [1.82, 2.24) is 15.0 Å². The van der Waals surface area contributed by atoms with E-state index in [-0.39, 0.29) is 11.9 Å². The smallest absolute Gasteiger partial charge is 0.246 e. The SMILES string of the molecule is Cc1ccc(Nc2nc(Nc3ccc(C)cc3)nc(N[C@@H](C)C(=O)Nc3ccccc3)n2)cc1. The Morgan fingerprint density at radius 1 is 0.647 bits per heavy atom. The number of para-hydroxylation sites is 1. The van der Waals surface area contributed by atoms with Gasteiger partial charge in [0.15, 0.2) is 0 Å². The number of aryl methyl sites for hydroxylation is 2. The lowest BCUT2D eigenvalue weighted by atomic mass is 10.2. The molecular weight excluding hydrogens is 426 g/mol. The summed E-state index contributed by atoms with van der Waals surface area (Å²) in [6.45, 7) is 5.81. The molecular formula is C26H27N7O. The predicted molar refractivity (Wildman–Crippen MR) is 137 cm³/mol. The monoisotopic (exact) mass is 453 g/mol. The van der Waals surface area contributed by atoms with E-state index in [0.717, 1.165) is 28.2 Å². The molecule has 0 saturated carbocycles. The minimum Gasteiger partial charge on any atom is -0.342 e. The zero-order valence-electron chi connectivity index (χ0n) is 19.3. The molecule has 1 atom stereocenters. The number of benzene rings is 3. The summed E-state index contributed by atoms with van der Waals surface area (Å²) in [5.41, 5.74) is 4.73. The number of carbonyl (C=O) groups is 1. The number of hydrogen-bond donors (Lipinski definition) is 4. The van der Waals surface area contributed by atoms with Crippen molar-refractivity contribution >= 4 is 40.8 Å². The van der Waals surface area contributed by atoms with Crippen molar-refractivity contribution in [1.29, 1.82) is 0 Å². The van der Waals surface area contributed by atoms with Crippen LogP contribution in [-0.2, 0) is 4.79 Å². The Kier molecular flexibility index (Phi) is 6.98. The molecule has 0 bridgehead atoms. The number of hydrogen-bond acceptors (Lipinski definition) is 7. The van der Waals surface area contributed by atoms with E-state index in [1.807, 2.05) is 92.7 Å². The summed E-state index contributed by atoms with van der Waals surface area (Å²) in [4.78, 5) is 26.1. The highest BCUT2D eigenvalue weighted by Gasteiger charge is 2.16. The Balaban J connectivity index is 1.55. The van der Waals surface area contributed by atoms with Crippen molar-refractivity contribution in [2.75, 3.05) is 21.3 Å². The van der Waals surface area contributed by atoms with Gasteiger partial charge in [0.05, 0.1) is 0 Å². The molecule has 1 amide bonds. The van der Waals surface area contributed by atoms with E-state index < -0.39 is 6.04 Å². The lowest BCUT2D eigenvalue weighted by Gasteiger charge is -2.16. The maximum atomic E-state index is 12.7. The lowest BCUT2D eigenvalue weighted by Crippen LogP contribution is -2.32. The molecule has 0 aliphatic heterocycles. The summed E-state index contributed by atoms with van der Waals surface area (Å²) in [6, 6.07) is 24.5. The van der Waals surface area contributed by atoms with Crippen LogP contribution in [-0.4, -0.2) is 26.9 Å². The first kappa shape index (κ1) is 22.7. The number of aromatic nitrogens is 3. The van der Waals surface area contributed by atoms with Gasteiger partial charge in [-0.05, 0) is 57.2 Å². The molecule has 0 saturated heterocycles. The van der Waals surface area contributed by atoms with Gasteiger partial charge in [-0.1, -0.05) is 53.6 Å². The summed E-state index contributed by atoms with van der Waals surface area (Å²) >= 11 is 0. The van der Waals surface area contributed by atoms with Gasteiger partial charge in [-0.2, -0.15) is 15.0 Å². The summed E-state index contributed by atoms with van der Waals surface area (Å²) in [5.74, 6) is 0.779. The van der Waals surface area contributed by atoms with Crippen LogP contribution in [0.3, 0.4) is 0 Å². The zero-order chi connectivity index (χ0) is 23.9. The molecule has 0 spiro atoms. The molecule has 4 aromatic rings. The van der Waals surface area contributed by atoms with E-state index >= 15 is 0 Å². The second-order valence-electron chi connectivity index (χ2n) is 8.01. The normalized spacial score (nSPS) is 11.4. The van der Waals surface area contributed by atoms with Crippen molar-refractivity contribution in [2.45, 2.75) is 26.8 Å². The number of nitrogens with one attached hydrogen (secondary N) is 4. The standard InChI is InChI=1S/C26H27N7O/c1-17-9-13-21(14-10-17)29-25-31-24(27-19(3)23(34)28-20-7-5-4-6-8-20)32-26(33-25)30-22-15-11-18(2)12-16-22/h4-16,19H,1-3H3,(H,28,34)(H3,27,29,30,31,32,33)/t19-/m0/s1. The third-order valence-electron chi connectivity index (χ3n) is 5.03. The van der Waals surface area contributed by atoms with Gasteiger partial charge in [0, 0.05) is 17.1 Å². The fourth-order valence-corrected chi connectivity index (χ4v) is 3.12. The molecule has 1 heterocycles. The maximum Gasteiger partial charge on any atom is 0.246 e. The summed E-state index contributed by atoms with van der Waals surface area (Å²) < 4.78 is 0. The molecule has 34 heavy (non-hydrogen) atoms. The van der Waals surface area contributed by atoms with Gasteiger partial charge in [0.1, 0.15) is 6.04 Å². The van der Waals surface area contributed by atoms with Gasteiger partial charge in [-0.3, -0.25) is 4.79 Å². The van der Waals surface area contributed by atoms with Crippen LogP contribution in [0.15, 0.2) is 78.9 Å². The Morgan fingerprint density at radius 3 is 1.62 bits per heavy atom. The molecule has 4 N–H and O–H groups in total. The largest absolute Gasteiger partial charge is 0.342 e. The highest BCUT2D eigenvalue weighted by molar-refractivity contribution is 5.96. The van der Waals surface area contributed by atoms with E-state index in [9.17, 15) is 4.79 Å². The first-order valence-corrected chi connectivity index (χ1v) is 11.0. The van der Waals surface area contributed by atoms with Crippen LogP contribution in [0.5, 0.6) is 0 Å². The first-order chi connectivity index (χ1) is 16.4. The minimum atomic E-state index is -0.581. The molecule has 0 aliphatic carbocycles. The van der Waals surface area contributed by atoms with E-state index in [1.54, 1.807) is 6.92 Å². The van der Waals surface area contributed by atoms with Crippen LogP contribution in [0.25, 0.3) is 0 Å². The van der Waals surface area contributed by atoms with Crippen molar-refractivity contribution in [3.05, 3.63) is 90.0 Å². The number of amides is 1. The molecule has 0 radical (unpaired) electrons. The van der Waals surface area contributed by atoms with Gasteiger partial charge >= 0.3 is 0 Å². The van der Waals surface area contributed by atoms with Crippen molar-refractivity contribution in [3.63, 3.8) is 0 Å². The highest BCUT2D eigenvalue weighted by atomic mass is 16.2. The van der Waals surface area contributed by atoms with Crippen molar-refractivity contribution in [2.24, 2.45) is 0 Å². The molecule has 0 unspecified atom stereocenters. The Bertz CT molecular complexity index is 1180. The van der Waals surface area contributed by atoms with Gasteiger partial charge < -0.3 is 21.3 Å². The lowest BCUT2D eigenvalue weighted by molar-refractivity contribution is -0.116. The zero-order valence-corrected chi connectivity index (χ0v) is 19.3. The van der Waals surface area contributed by atoms with E-state index in [1.165, 1.54) is 0 Å². The third kappa shape index (κ3) is 6.29. The summed E-state index contributed by atoms with van der Waals surface area (Å²) in [5, 5.41) is 12.4. The van der Waals surface area contributed by atoms with E-state index in [4.69, 9.17) is 0 Å². The van der Waals surface area contributed by atoms with Crippen LogP contribution in [0.4, 0.5) is 34.9 Å². The van der Waals surface area contributed by atoms with Crippen LogP contribution in [0.2, 0.25) is 0 Å².